The second kappa shape index (κ2) is 5.58. The lowest BCUT2D eigenvalue weighted by atomic mass is 9.82. The third-order valence-electron chi connectivity index (χ3n) is 3.69. The molecule has 108 valence electrons. The molecule has 0 spiro atoms. The summed E-state index contributed by atoms with van der Waals surface area (Å²) in [6.45, 7) is 0. The van der Waals surface area contributed by atoms with Gasteiger partial charge in [0.15, 0.2) is 0 Å². The summed E-state index contributed by atoms with van der Waals surface area (Å²) < 4.78 is 13.3. The van der Waals surface area contributed by atoms with Crippen LogP contribution in [-0.4, -0.2) is 17.4 Å². The SMILES string of the molecule is NC(=O)c1cc(NC(=O)C2(N)CCCCC2)ccc1F. The number of benzene rings is 1. The molecular formula is C14H18FN3O2. The zero-order chi connectivity index (χ0) is 14.8. The predicted octanol–water partition coefficient (Wildman–Crippen LogP) is 1.52. The second-order valence-corrected chi connectivity index (χ2v) is 5.23. The zero-order valence-corrected chi connectivity index (χ0v) is 11.1. The van der Waals surface area contributed by atoms with Gasteiger partial charge in [-0.1, -0.05) is 19.3 Å². The molecule has 6 heteroatoms. The minimum Gasteiger partial charge on any atom is -0.366 e. The number of nitrogens with two attached hydrogens (primary N) is 2. The first-order chi connectivity index (χ1) is 9.42. The highest BCUT2D eigenvalue weighted by atomic mass is 19.1. The molecule has 5 N–H and O–H groups in total. The summed E-state index contributed by atoms with van der Waals surface area (Å²) in [5, 5.41) is 2.64. The van der Waals surface area contributed by atoms with Gasteiger partial charge in [-0.2, -0.15) is 0 Å². The third kappa shape index (κ3) is 2.96. The number of carbonyl (C=O) groups is 2. The summed E-state index contributed by atoms with van der Waals surface area (Å²) in [5.74, 6) is -1.89. The van der Waals surface area contributed by atoms with E-state index in [0.717, 1.165) is 25.3 Å². The Morgan fingerprint density at radius 1 is 1.20 bits per heavy atom. The second-order valence-electron chi connectivity index (χ2n) is 5.23. The molecule has 1 aromatic carbocycles. The van der Waals surface area contributed by atoms with E-state index in [-0.39, 0.29) is 11.5 Å². The van der Waals surface area contributed by atoms with Gasteiger partial charge in [0.25, 0.3) is 5.91 Å². The van der Waals surface area contributed by atoms with Gasteiger partial charge in [0, 0.05) is 5.69 Å². The molecule has 0 unspecified atom stereocenters. The van der Waals surface area contributed by atoms with Crippen molar-refractivity contribution in [1.82, 2.24) is 0 Å². The first-order valence-electron chi connectivity index (χ1n) is 6.62. The number of primary amides is 1. The average Bonchev–Trinajstić information content (AvgIpc) is 2.41. The fourth-order valence-electron chi connectivity index (χ4n) is 2.46. The number of hydrogen-bond acceptors (Lipinski definition) is 3. The first-order valence-corrected chi connectivity index (χ1v) is 6.62. The van der Waals surface area contributed by atoms with Crippen LogP contribution in [0.2, 0.25) is 0 Å². The van der Waals surface area contributed by atoms with Crippen LogP contribution in [0.3, 0.4) is 0 Å². The van der Waals surface area contributed by atoms with Crippen molar-refractivity contribution in [2.75, 3.05) is 5.32 Å². The number of carbonyl (C=O) groups excluding carboxylic acids is 2. The molecule has 1 aliphatic carbocycles. The molecule has 0 bridgehead atoms. The van der Waals surface area contributed by atoms with Gasteiger partial charge in [0.05, 0.1) is 11.1 Å². The highest BCUT2D eigenvalue weighted by molar-refractivity contribution is 6.00. The van der Waals surface area contributed by atoms with E-state index in [0.29, 0.717) is 18.5 Å². The van der Waals surface area contributed by atoms with Gasteiger partial charge >= 0.3 is 0 Å². The average molecular weight is 279 g/mol. The minimum absolute atomic E-state index is 0.252. The normalized spacial score (nSPS) is 17.5. The van der Waals surface area contributed by atoms with E-state index >= 15 is 0 Å². The minimum atomic E-state index is -0.889. The van der Waals surface area contributed by atoms with Gasteiger partial charge in [-0.15, -0.1) is 0 Å². The molecule has 20 heavy (non-hydrogen) atoms. The molecular weight excluding hydrogens is 261 g/mol. The maximum Gasteiger partial charge on any atom is 0.251 e. The van der Waals surface area contributed by atoms with Gasteiger partial charge in [-0.05, 0) is 31.0 Å². The summed E-state index contributed by atoms with van der Waals surface area (Å²) in [7, 11) is 0. The summed E-state index contributed by atoms with van der Waals surface area (Å²) in [5.41, 5.74) is 10.3. The number of hydrogen-bond donors (Lipinski definition) is 3. The maximum absolute atomic E-state index is 13.3. The van der Waals surface area contributed by atoms with Crippen molar-refractivity contribution in [3.63, 3.8) is 0 Å². The molecule has 0 radical (unpaired) electrons. The summed E-state index contributed by atoms with van der Waals surface area (Å²) in [6.07, 6.45) is 4.17. The van der Waals surface area contributed by atoms with Crippen molar-refractivity contribution < 1.29 is 14.0 Å². The highest BCUT2D eigenvalue weighted by Gasteiger charge is 2.35. The number of halogens is 1. The Bertz CT molecular complexity index is 539. The van der Waals surface area contributed by atoms with Gasteiger partial charge in [0.1, 0.15) is 5.82 Å². The number of amides is 2. The van der Waals surface area contributed by atoms with Crippen LogP contribution in [0.1, 0.15) is 42.5 Å². The van der Waals surface area contributed by atoms with Crippen molar-refractivity contribution >= 4 is 17.5 Å². The van der Waals surface area contributed by atoms with Crippen molar-refractivity contribution in [3.05, 3.63) is 29.6 Å². The van der Waals surface area contributed by atoms with Crippen LogP contribution in [0.15, 0.2) is 18.2 Å². The van der Waals surface area contributed by atoms with E-state index in [1.807, 2.05) is 0 Å². The van der Waals surface area contributed by atoms with Gasteiger partial charge in [0.2, 0.25) is 5.91 Å². The Balaban J connectivity index is 2.15. The fraction of sp³-hybridized carbons (Fsp3) is 0.429. The Kier molecular flexibility index (Phi) is 4.04. The van der Waals surface area contributed by atoms with Gasteiger partial charge in [-0.25, -0.2) is 4.39 Å². The van der Waals surface area contributed by atoms with Crippen molar-refractivity contribution in [2.24, 2.45) is 11.5 Å². The summed E-state index contributed by atoms with van der Waals surface area (Å²) in [4.78, 5) is 23.3. The molecule has 1 aromatic rings. The van der Waals surface area contributed by atoms with E-state index in [1.165, 1.54) is 12.1 Å². The fourth-order valence-corrected chi connectivity index (χ4v) is 2.46. The number of anilines is 1. The molecule has 0 saturated heterocycles. The number of rotatable bonds is 3. The molecule has 0 atom stereocenters. The van der Waals surface area contributed by atoms with Crippen LogP contribution >= 0.6 is 0 Å². The van der Waals surface area contributed by atoms with Crippen LogP contribution in [0.5, 0.6) is 0 Å². The molecule has 0 aliphatic heterocycles. The van der Waals surface area contributed by atoms with Crippen LogP contribution in [0, 0.1) is 5.82 Å². The third-order valence-corrected chi connectivity index (χ3v) is 3.69. The quantitative estimate of drug-likeness (QED) is 0.782. The number of nitrogens with one attached hydrogen (secondary N) is 1. The lowest BCUT2D eigenvalue weighted by Crippen LogP contribution is -2.52. The lowest BCUT2D eigenvalue weighted by Gasteiger charge is -2.31. The topological polar surface area (TPSA) is 98.2 Å². The molecule has 2 rings (SSSR count). The van der Waals surface area contributed by atoms with Crippen LogP contribution in [-0.2, 0) is 4.79 Å². The predicted molar refractivity (Wildman–Crippen MR) is 73.6 cm³/mol. The van der Waals surface area contributed by atoms with Crippen molar-refractivity contribution in [1.29, 1.82) is 0 Å². The Morgan fingerprint density at radius 3 is 2.45 bits per heavy atom. The summed E-state index contributed by atoms with van der Waals surface area (Å²) >= 11 is 0. The molecule has 1 fully saturated rings. The Morgan fingerprint density at radius 2 is 1.85 bits per heavy atom. The van der Waals surface area contributed by atoms with Crippen LogP contribution in [0.4, 0.5) is 10.1 Å². The van der Waals surface area contributed by atoms with E-state index in [9.17, 15) is 14.0 Å². The maximum atomic E-state index is 13.3. The van der Waals surface area contributed by atoms with Crippen LogP contribution in [0.25, 0.3) is 0 Å². The van der Waals surface area contributed by atoms with Crippen molar-refractivity contribution in [3.8, 4) is 0 Å². The van der Waals surface area contributed by atoms with E-state index < -0.39 is 17.3 Å². The molecule has 0 aromatic heterocycles. The van der Waals surface area contributed by atoms with Crippen LogP contribution < -0.4 is 16.8 Å². The van der Waals surface area contributed by atoms with Gasteiger partial charge < -0.3 is 16.8 Å². The smallest absolute Gasteiger partial charge is 0.251 e. The molecule has 2 amide bonds. The highest BCUT2D eigenvalue weighted by Crippen LogP contribution is 2.27. The zero-order valence-electron chi connectivity index (χ0n) is 11.1. The summed E-state index contributed by atoms with van der Waals surface area (Å²) in [6, 6.07) is 3.70. The lowest BCUT2D eigenvalue weighted by molar-refractivity contribution is -0.122. The molecule has 1 aliphatic rings. The van der Waals surface area contributed by atoms with E-state index in [2.05, 4.69) is 5.32 Å². The molecule has 5 nitrogen and oxygen atoms in total. The molecule has 0 heterocycles. The molecule has 1 saturated carbocycles. The van der Waals surface area contributed by atoms with Crippen molar-refractivity contribution in [2.45, 2.75) is 37.6 Å². The first kappa shape index (κ1) is 14.5. The standard InChI is InChI=1S/C14H18FN3O2/c15-11-5-4-9(8-10(11)12(16)19)18-13(20)14(17)6-2-1-3-7-14/h4-5,8H,1-3,6-7,17H2,(H2,16,19)(H,18,20). The largest absolute Gasteiger partial charge is 0.366 e. The Hall–Kier alpha value is -1.95. The van der Waals surface area contributed by atoms with Gasteiger partial charge in [-0.3, -0.25) is 9.59 Å². The van der Waals surface area contributed by atoms with E-state index in [4.69, 9.17) is 11.5 Å². The Labute approximate surface area is 116 Å². The van der Waals surface area contributed by atoms with E-state index in [1.54, 1.807) is 0 Å². The monoisotopic (exact) mass is 279 g/mol.